The van der Waals surface area contributed by atoms with E-state index in [2.05, 4.69) is 21.9 Å². The normalized spacial score (nSPS) is 15.4. The fourth-order valence-corrected chi connectivity index (χ4v) is 2.40. The number of ether oxygens (including phenoxy) is 1. The molecule has 0 spiro atoms. The van der Waals surface area contributed by atoms with E-state index in [9.17, 15) is 4.79 Å². The van der Waals surface area contributed by atoms with Crippen LogP contribution in [0.2, 0.25) is 0 Å². The zero-order chi connectivity index (χ0) is 18.2. The lowest BCUT2D eigenvalue weighted by molar-refractivity contribution is -0.136. The maximum atomic E-state index is 12.0. The van der Waals surface area contributed by atoms with Crippen molar-refractivity contribution in [2.45, 2.75) is 25.7 Å². The highest BCUT2D eigenvalue weighted by Crippen LogP contribution is 2.34. The first kappa shape index (κ1) is 19.0. The number of amidine groups is 1. The molecule has 2 rings (SSSR count). The second kappa shape index (κ2) is 9.22. The van der Waals surface area contributed by atoms with Crippen molar-refractivity contribution >= 4 is 23.4 Å². The molecule has 25 heavy (non-hydrogen) atoms. The minimum Gasteiger partial charge on any atom is -0.464 e. The number of aryl methyl sites for hydroxylation is 1. The van der Waals surface area contributed by atoms with Crippen molar-refractivity contribution in [2.75, 3.05) is 13.7 Å². The summed E-state index contributed by atoms with van der Waals surface area (Å²) in [5.74, 6) is -0.133. The van der Waals surface area contributed by atoms with Crippen LogP contribution in [0.15, 0.2) is 52.5 Å². The number of nitrogens with zero attached hydrogens (tertiary/aromatic N) is 2. The van der Waals surface area contributed by atoms with E-state index in [-0.39, 0.29) is 16.6 Å². The lowest BCUT2D eigenvalue weighted by atomic mass is 10.2. The number of nitrogens with two attached hydrogens (primary N) is 1. The van der Waals surface area contributed by atoms with Gasteiger partial charge in [-0.1, -0.05) is 24.2 Å². The van der Waals surface area contributed by atoms with Gasteiger partial charge in [0.05, 0.1) is 7.11 Å². The Morgan fingerprint density at radius 3 is 2.92 bits per heavy atom. The molecule has 1 aromatic heterocycles. The van der Waals surface area contributed by atoms with Gasteiger partial charge in [0.15, 0.2) is 0 Å². The van der Waals surface area contributed by atoms with Crippen molar-refractivity contribution in [3.63, 3.8) is 0 Å². The third-order valence-corrected chi connectivity index (χ3v) is 4.20. The van der Waals surface area contributed by atoms with Crippen molar-refractivity contribution in [3.05, 3.63) is 53.1 Å². The molecule has 6 nitrogen and oxygen atoms in total. The molecule has 7 heteroatoms. The summed E-state index contributed by atoms with van der Waals surface area (Å²) < 4.78 is 4.77. The van der Waals surface area contributed by atoms with Crippen LogP contribution in [-0.4, -0.2) is 30.4 Å². The molecule has 1 aliphatic carbocycles. The van der Waals surface area contributed by atoms with Gasteiger partial charge in [-0.2, -0.15) is 0 Å². The first-order valence-corrected chi connectivity index (χ1v) is 8.53. The second-order valence-electron chi connectivity index (χ2n) is 5.84. The predicted molar refractivity (Wildman–Crippen MR) is 98.9 cm³/mol. The van der Waals surface area contributed by atoms with Gasteiger partial charge >= 0.3 is 5.97 Å². The zero-order valence-corrected chi connectivity index (χ0v) is 15.1. The third kappa shape index (κ3) is 5.90. The highest BCUT2D eigenvalue weighted by molar-refractivity contribution is 6.44. The van der Waals surface area contributed by atoms with E-state index in [1.807, 2.05) is 18.3 Å². The van der Waals surface area contributed by atoms with E-state index in [4.69, 9.17) is 22.1 Å². The minimum atomic E-state index is -0.597. The number of esters is 1. The maximum Gasteiger partial charge on any atom is 0.356 e. The van der Waals surface area contributed by atoms with E-state index in [1.54, 1.807) is 6.20 Å². The average Bonchev–Trinajstić information content (AvgIpc) is 3.47. The Balaban J connectivity index is 1.98. The molecule has 0 saturated heterocycles. The van der Waals surface area contributed by atoms with Gasteiger partial charge in [-0.3, -0.25) is 9.98 Å². The Morgan fingerprint density at radius 1 is 1.56 bits per heavy atom. The summed E-state index contributed by atoms with van der Waals surface area (Å²) in [5, 5.41) is 2.99. The number of aromatic nitrogens is 1. The second-order valence-corrected chi connectivity index (χ2v) is 6.21. The van der Waals surface area contributed by atoms with Gasteiger partial charge in [-0.25, -0.2) is 4.79 Å². The zero-order valence-electron chi connectivity index (χ0n) is 14.3. The SMILES string of the molecule is C=C(NC(C(=O)OC)=C(Cl)C(N)=NCCCc1cccnc1)C1CC1. The largest absolute Gasteiger partial charge is 0.464 e. The Morgan fingerprint density at radius 2 is 2.32 bits per heavy atom. The number of halogens is 1. The first-order chi connectivity index (χ1) is 12.0. The van der Waals surface area contributed by atoms with Crippen molar-refractivity contribution in [1.82, 2.24) is 10.3 Å². The van der Waals surface area contributed by atoms with Crippen LogP contribution in [0.4, 0.5) is 0 Å². The molecule has 3 N–H and O–H groups in total. The summed E-state index contributed by atoms with van der Waals surface area (Å²) in [7, 11) is 1.29. The van der Waals surface area contributed by atoms with Gasteiger partial charge < -0.3 is 15.8 Å². The van der Waals surface area contributed by atoms with Crippen molar-refractivity contribution in [2.24, 2.45) is 16.6 Å². The van der Waals surface area contributed by atoms with E-state index in [0.717, 1.165) is 36.9 Å². The Hall–Kier alpha value is -2.34. The number of aliphatic imine (C=N–C) groups is 1. The van der Waals surface area contributed by atoms with Gasteiger partial charge in [0, 0.05) is 24.6 Å². The minimum absolute atomic E-state index is 0.0510. The fourth-order valence-electron chi connectivity index (χ4n) is 2.22. The molecule has 1 aliphatic rings. The molecule has 0 aliphatic heterocycles. The summed E-state index contributed by atoms with van der Waals surface area (Å²) in [6.07, 6.45) is 7.30. The topological polar surface area (TPSA) is 89.6 Å². The van der Waals surface area contributed by atoms with Crippen LogP contribution in [0.1, 0.15) is 24.8 Å². The summed E-state index contributed by atoms with van der Waals surface area (Å²) in [5.41, 5.74) is 7.88. The van der Waals surface area contributed by atoms with Crippen molar-refractivity contribution < 1.29 is 9.53 Å². The number of rotatable bonds is 9. The quantitative estimate of drug-likeness (QED) is 0.231. The molecule has 1 aromatic rings. The van der Waals surface area contributed by atoms with Crippen LogP contribution < -0.4 is 11.1 Å². The molecular weight excluding hydrogens is 340 g/mol. The van der Waals surface area contributed by atoms with Gasteiger partial charge in [0.2, 0.25) is 0 Å². The molecule has 0 unspecified atom stereocenters. The number of pyridine rings is 1. The molecule has 1 fully saturated rings. The summed E-state index contributed by atoms with van der Waals surface area (Å²) >= 11 is 6.25. The molecule has 0 amide bonds. The number of carbonyl (C=O) groups excluding carboxylic acids is 1. The van der Waals surface area contributed by atoms with Crippen LogP contribution in [-0.2, 0) is 16.0 Å². The van der Waals surface area contributed by atoms with E-state index in [0.29, 0.717) is 12.5 Å². The summed E-state index contributed by atoms with van der Waals surface area (Å²) in [6, 6.07) is 3.91. The van der Waals surface area contributed by atoms with Gasteiger partial charge in [0.1, 0.15) is 16.6 Å². The Kier molecular flexibility index (Phi) is 7.01. The standard InChI is InChI=1S/C18H23ClN4O2/c1-12(14-7-8-14)23-16(18(24)25-2)15(19)17(20)22-10-4-6-13-5-3-9-21-11-13/h3,5,9,11,14,23H,1,4,6-8,10H2,2H3,(H2,20,22). The summed E-state index contributed by atoms with van der Waals surface area (Å²) in [6.45, 7) is 4.42. The lowest BCUT2D eigenvalue weighted by Gasteiger charge is -2.13. The predicted octanol–water partition coefficient (Wildman–Crippen LogP) is 2.51. The monoisotopic (exact) mass is 362 g/mol. The fraction of sp³-hybridized carbons (Fsp3) is 0.389. The van der Waals surface area contributed by atoms with Gasteiger partial charge in [-0.15, -0.1) is 0 Å². The highest BCUT2D eigenvalue weighted by Gasteiger charge is 2.27. The number of hydrogen-bond acceptors (Lipinski definition) is 5. The van der Waals surface area contributed by atoms with Crippen molar-refractivity contribution in [1.29, 1.82) is 0 Å². The molecular formula is C18H23ClN4O2. The van der Waals surface area contributed by atoms with Gasteiger partial charge in [0.25, 0.3) is 0 Å². The number of hydrogen-bond donors (Lipinski definition) is 2. The Labute approximate surface area is 152 Å². The van der Waals surface area contributed by atoms with Gasteiger partial charge in [-0.05, 0) is 43.2 Å². The first-order valence-electron chi connectivity index (χ1n) is 8.16. The molecule has 134 valence electrons. The number of carbonyl (C=O) groups is 1. The lowest BCUT2D eigenvalue weighted by Crippen LogP contribution is -2.27. The van der Waals surface area contributed by atoms with E-state index >= 15 is 0 Å². The van der Waals surface area contributed by atoms with E-state index in [1.165, 1.54) is 7.11 Å². The average molecular weight is 363 g/mol. The molecule has 0 atom stereocenters. The number of allylic oxidation sites excluding steroid dienone is 1. The van der Waals surface area contributed by atoms with Crippen LogP contribution in [0.3, 0.4) is 0 Å². The third-order valence-electron chi connectivity index (χ3n) is 3.82. The highest BCUT2D eigenvalue weighted by atomic mass is 35.5. The van der Waals surface area contributed by atoms with Crippen LogP contribution >= 0.6 is 11.6 Å². The van der Waals surface area contributed by atoms with Crippen molar-refractivity contribution in [3.8, 4) is 0 Å². The maximum absolute atomic E-state index is 12.0. The number of nitrogens with one attached hydrogen (secondary N) is 1. The molecule has 0 radical (unpaired) electrons. The van der Waals surface area contributed by atoms with Crippen LogP contribution in [0.5, 0.6) is 0 Å². The molecule has 1 heterocycles. The smallest absolute Gasteiger partial charge is 0.356 e. The molecule has 0 aromatic carbocycles. The number of methoxy groups -OCH3 is 1. The summed E-state index contributed by atoms with van der Waals surface area (Å²) in [4.78, 5) is 20.3. The molecule has 0 bridgehead atoms. The molecule has 1 saturated carbocycles. The Bertz CT molecular complexity index is 682. The van der Waals surface area contributed by atoms with E-state index < -0.39 is 5.97 Å². The van der Waals surface area contributed by atoms with Crippen LogP contribution in [0.25, 0.3) is 0 Å². The van der Waals surface area contributed by atoms with Crippen LogP contribution in [0, 0.1) is 5.92 Å².